The van der Waals surface area contributed by atoms with Crippen LogP contribution in [0.2, 0.25) is 0 Å². The van der Waals surface area contributed by atoms with Crippen molar-refractivity contribution in [3.05, 3.63) is 53.9 Å². The van der Waals surface area contributed by atoms with Gasteiger partial charge in [0, 0.05) is 75.0 Å². The number of ether oxygens (including phenoxy) is 2. The molecule has 3 aliphatic rings. The Labute approximate surface area is 248 Å². The fraction of sp³-hybridized carbons (Fsp3) is 0.500. The molecule has 6 rings (SSSR count). The number of halogens is 3. The topological polar surface area (TPSA) is 90.1 Å². The quantitative estimate of drug-likeness (QED) is 0.311. The number of alkyl halides is 3. The van der Waals surface area contributed by atoms with Crippen molar-refractivity contribution in [2.75, 3.05) is 82.0 Å². The van der Waals surface area contributed by atoms with Crippen LogP contribution in [0.5, 0.6) is 6.01 Å². The summed E-state index contributed by atoms with van der Waals surface area (Å²) < 4.78 is 54.1. The van der Waals surface area contributed by atoms with E-state index in [1.54, 1.807) is 22.1 Å². The van der Waals surface area contributed by atoms with Gasteiger partial charge in [0.1, 0.15) is 5.82 Å². The molecule has 2 fully saturated rings. The van der Waals surface area contributed by atoms with Gasteiger partial charge in [0.2, 0.25) is 5.91 Å². The molecule has 0 bridgehead atoms. The monoisotopic (exact) mass is 599 g/mol. The van der Waals surface area contributed by atoms with Gasteiger partial charge in [-0.2, -0.15) is 23.1 Å². The number of carbonyl (C=O) groups is 1. The van der Waals surface area contributed by atoms with Crippen LogP contribution in [0.25, 0.3) is 10.9 Å². The Hall–Kier alpha value is -3.84. The number of H-pyrrole nitrogens is 1. The third-order valence-corrected chi connectivity index (χ3v) is 8.37. The van der Waals surface area contributed by atoms with E-state index in [-0.39, 0.29) is 24.1 Å². The van der Waals surface area contributed by atoms with E-state index >= 15 is 0 Å². The number of hydrogen-bond donors (Lipinski definition) is 1. The van der Waals surface area contributed by atoms with Gasteiger partial charge >= 0.3 is 12.2 Å². The Bertz CT molecular complexity index is 1460. The summed E-state index contributed by atoms with van der Waals surface area (Å²) in [4.78, 5) is 32.7. The normalized spacial score (nSPS) is 18.2. The maximum atomic E-state index is 14.2. The molecule has 10 nitrogen and oxygen atoms in total. The first-order chi connectivity index (χ1) is 20.8. The molecule has 0 atom stereocenters. The number of nitrogens with one attached hydrogen (secondary N) is 1. The summed E-state index contributed by atoms with van der Waals surface area (Å²) in [6.45, 7) is 10.9. The molecule has 3 aromatic rings. The minimum Gasteiger partial charge on any atom is -0.463 e. The summed E-state index contributed by atoms with van der Waals surface area (Å²) in [7, 11) is 0. The number of morpholine rings is 1. The molecule has 1 amide bonds. The summed E-state index contributed by atoms with van der Waals surface area (Å²) in [6.07, 6.45) is -0.262. The number of piperazine rings is 1. The van der Waals surface area contributed by atoms with Gasteiger partial charge in [0.25, 0.3) is 0 Å². The number of nitrogens with zero attached hydrogens (tertiary/aromatic N) is 6. The number of carbonyl (C=O) groups excluding carboxylic acids is 1. The molecular formula is C30H36F3N7O3. The molecule has 1 aromatic carbocycles. The van der Waals surface area contributed by atoms with E-state index in [2.05, 4.69) is 21.4 Å². The highest BCUT2D eigenvalue weighted by Gasteiger charge is 2.37. The highest BCUT2D eigenvalue weighted by atomic mass is 19.4. The molecule has 3 aliphatic heterocycles. The van der Waals surface area contributed by atoms with Crippen molar-refractivity contribution < 1.29 is 27.4 Å². The van der Waals surface area contributed by atoms with Gasteiger partial charge in [-0.15, -0.1) is 0 Å². The van der Waals surface area contributed by atoms with Crippen molar-refractivity contribution in [1.29, 1.82) is 0 Å². The fourth-order valence-corrected chi connectivity index (χ4v) is 6.14. The SMILES string of the molecule is C=CC(=O)N1CCN(c2nc(OCCCN3CCOCC3)nc3c2CCN(c2c(C(F)(F)F)ccc4[nH]ccc24)C3)CC1. The van der Waals surface area contributed by atoms with Crippen LogP contribution in [0.15, 0.2) is 37.1 Å². The van der Waals surface area contributed by atoms with Crippen LogP contribution < -0.4 is 14.5 Å². The minimum absolute atomic E-state index is 0.108. The van der Waals surface area contributed by atoms with E-state index in [1.807, 2.05) is 0 Å². The lowest BCUT2D eigenvalue weighted by molar-refractivity contribution is -0.137. The molecule has 0 radical (unpaired) electrons. The molecule has 0 unspecified atom stereocenters. The molecule has 0 saturated carbocycles. The molecule has 230 valence electrons. The largest absolute Gasteiger partial charge is 0.463 e. The zero-order chi connectivity index (χ0) is 30.0. The van der Waals surface area contributed by atoms with Crippen LogP contribution in [0.1, 0.15) is 23.2 Å². The van der Waals surface area contributed by atoms with Crippen LogP contribution in [-0.4, -0.2) is 103 Å². The molecule has 2 aromatic heterocycles. The predicted octanol–water partition coefficient (Wildman–Crippen LogP) is 3.48. The fourth-order valence-electron chi connectivity index (χ4n) is 6.14. The Morgan fingerprint density at radius 2 is 1.84 bits per heavy atom. The Kier molecular flexibility index (Phi) is 8.44. The molecule has 1 N–H and O–H groups in total. The third kappa shape index (κ3) is 6.28. The lowest BCUT2D eigenvalue weighted by Gasteiger charge is -2.38. The zero-order valence-electron chi connectivity index (χ0n) is 24.0. The summed E-state index contributed by atoms with van der Waals surface area (Å²) in [5, 5.41) is 0.523. The van der Waals surface area contributed by atoms with Gasteiger partial charge in [-0.1, -0.05) is 6.58 Å². The van der Waals surface area contributed by atoms with E-state index in [1.165, 1.54) is 12.1 Å². The average Bonchev–Trinajstić information content (AvgIpc) is 3.51. The first-order valence-corrected chi connectivity index (χ1v) is 14.7. The number of benzene rings is 1. The van der Waals surface area contributed by atoms with Crippen molar-refractivity contribution in [3.63, 3.8) is 0 Å². The third-order valence-electron chi connectivity index (χ3n) is 8.37. The van der Waals surface area contributed by atoms with Gasteiger partial charge in [-0.3, -0.25) is 9.69 Å². The van der Waals surface area contributed by atoms with Gasteiger partial charge in [-0.05, 0) is 37.1 Å². The van der Waals surface area contributed by atoms with E-state index in [9.17, 15) is 18.0 Å². The lowest BCUT2D eigenvalue weighted by Crippen LogP contribution is -2.49. The molecular weight excluding hydrogens is 563 g/mol. The van der Waals surface area contributed by atoms with Crippen molar-refractivity contribution in [3.8, 4) is 6.01 Å². The van der Waals surface area contributed by atoms with Crippen LogP contribution in [0, 0.1) is 0 Å². The summed E-state index contributed by atoms with van der Waals surface area (Å²) in [6, 6.07) is 4.52. The van der Waals surface area contributed by atoms with E-state index in [4.69, 9.17) is 19.4 Å². The lowest BCUT2D eigenvalue weighted by atomic mass is 10.0. The van der Waals surface area contributed by atoms with Crippen LogP contribution in [0.4, 0.5) is 24.7 Å². The number of amides is 1. The van der Waals surface area contributed by atoms with Gasteiger partial charge in [0.15, 0.2) is 0 Å². The predicted molar refractivity (Wildman–Crippen MR) is 156 cm³/mol. The van der Waals surface area contributed by atoms with Gasteiger partial charge in [-0.25, -0.2) is 0 Å². The second-order valence-electron chi connectivity index (χ2n) is 11.0. The molecule has 43 heavy (non-hydrogen) atoms. The Morgan fingerprint density at radius 1 is 1.05 bits per heavy atom. The second-order valence-corrected chi connectivity index (χ2v) is 11.0. The molecule has 5 heterocycles. The van der Waals surface area contributed by atoms with Crippen molar-refractivity contribution in [2.45, 2.75) is 25.6 Å². The van der Waals surface area contributed by atoms with Crippen LogP contribution in [-0.2, 0) is 28.7 Å². The zero-order valence-corrected chi connectivity index (χ0v) is 24.0. The van der Waals surface area contributed by atoms with Crippen LogP contribution >= 0.6 is 0 Å². The maximum Gasteiger partial charge on any atom is 0.418 e. The first kappa shape index (κ1) is 29.2. The molecule has 2 saturated heterocycles. The molecule has 0 spiro atoms. The summed E-state index contributed by atoms with van der Waals surface area (Å²) >= 11 is 0. The average molecular weight is 600 g/mol. The molecule has 0 aliphatic carbocycles. The number of hydrogen-bond acceptors (Lipinski definition) is 8. The Morgan fingerprint density at radius 3 is 2.58 bits per heavy atom. The highest BCUT2D eigenvalue weighted by molar-refractivity contribution is 5.94. The number of aromatic amines is 1. The maximum absolute atomic E-state index is 14.2. The number of anilines is 2. The summed E-state index contributed by atoms with van der Waals surface area (Å²) in [5.41, 5.74) is 1.70. The van der Waals surface area contributed by atoms with E-state index in [0.29, 0.717) is 62.3 Å². The van der Waals surface area contributed by atoms with Crippen molar-refractivity contribution >= 4 is 28.3 Å². The van der Waals surface area contributed by atoms with Crippen molar-refractivity contribution in [2.24, 2.45) is 0 Å². The van der Waals surface area contributed by atoms with Crippen LogP contribution in [0.3, 0.4) is 0 Å². The Balaban J connectivity index is 1.27. The summed E-state index contributed by atoms with van der Waals surface area (Å²) in [5.74, 6) is 0.623. The van der Waals surface area contributed by atoms with Crippen molar-refractivity contribution in [1.82, 2.24) is 24.8 Å². The smallest absolute Gasteiger partial charge is 0.418 e. The first-order valence-electron chi connectivity index (χ1n) is 14.7. The second kappa shape index (κ2) is 12.4. The van der Waals surface area contributed by atoms with Gasteiger partial charge < -0.3 is 29.2 Å². The number of rotatable bonds is 8. The standard InChI is InChI=1S/C30H36F3N7O3/c1-2-26(41)38-11-13-39(14-12-38)28-22-7-10-40(27-21-6-8-34-24(21)5-4-23(27)30(31,32)33)20-25(22)35-29(36-28)43-17-3-9-37-15-18-42-19-16-37/h2,4-6,8,34H,1,3,7,9-20H2. The molecule has 13 heteroatoms. The van der Waals surface area contributed by atoms with E-state index in [0.717, 1.165) is 56.7 Å². The number of aromatic nitrogens is 3. The number of fused-ring (bicyclic) bond motifs is 2. The van der Waals surface area contributed by atoms with E-state index < -0.39 is 11.7 Å². The van der Waals surface area contributed by atoms with Gasteiger partial charge in [0.05, 0.1) is 43.3 Å². The minimum atomic E-state index is -4.50. The highest BCUT2D eigenvalue weighted by Crippen LogP contribution is 2.43.